The molecular formula is C25H29FN4O3. The summed E-state index contributed by atoms with van der Waals surface area (Å²) >= 11 is 0. The topological polar surface area (TPSA) is 76.8 Å². The van der Waals surface area contributed by atoms with E-state index in [4.69, 9.17) is 9.84 Å². The molecule has 0 N–H and O–H groups in total. The standard InChI is InChI=1S/C25H29FN4O3/c1-5-33-24(32)16-9-11-29(12-10-16)23(31)19-14-20(17-7-6-8-18(26)13-17)30-22(27-19)15-21(28-30)25(2,3)4/h6-8,13-16H,5,9-12H2,1-4H3. The maximum absolute atomic E-state index is 14.0. The quantitative estimate of drug-likeness (QED) is 0.553. The van der Waals surface area contributed by atoms with Crippen molar-refractivity contribution in [2.45, 2.75) is 46.0 Å². The van der Waals surface area contributed by atoms with Crippen molar-refractivity contribution in [2.24, 2.45) is 5.92 Å². The number of hydrogen-bond acceptors (Lipinski definition) is 5. The normalized spacial score (nSPS) is 15.1. The number of rotatable bonds is 4. The molecule has 0 atom stereocenters. The molecule has 1 aromatic carbocycles. The van der Waals surface area contributed by atoms with Crippen molar-refractivity contribution in [1.29, 1.82) is 0 Å². The Bertz CT molecular complexity index is 1190. The van der Waals surface area contributed by atoms with Crippen molar-refractivity contribution < 1.29 is 18.7 Å². The molecule has 0 radical (unpaired) electrons. The Balaban J connectivity index is 1.69. The van der Waals surface area contributed by atoms with Gasteiger partial charge in [-0.3, -0.25) is 9.59 Å². The molecule has 1 aliphatic rings. The summed E-state index contributed by atoms with van der Waals surface area (Å²) in [7, 11) is 0. The summed E-state index contributed by atoms with van der Waals surface area (Å²) in [5.74, 6) is -0.964. The number of likely N-dealkylation sites (tertiary alicyclic amines) is 1. The number of esters is 1. The van der Waals surface area contributed by atoms with Gasteiger partial charge in [0.15, 0.2) is 5.65 Å². The average molecular weight is 453 g/mol. The second-order valence-corrected chi connectivity index (χ2v) is 9.41. The Morgan fingerprint density at radius 3 is 2.52 bits per heavy atom. The molecule has 1 amide bonds. The summed E-state index contributed by atoms with van der Waals surface area (Å²) in [6, 6.07) is 9.76. The fourth-order valence-corrected chi connectivity index (χ4v) is 4.04. The zero-order valence-corrected chi connectivity index (χ0v) is 19.5. The molecule has 2 aromatic heterocycles. The van der Waals surface area contributed by atoms with Gasteiger partial charge >= 0.3 is 5.97 Å². The van der Waals surface area contributed by atoms with Crippen LogP contribution in [-0.4, -0.2) is 51.1 Å². The van der Waals surface area contributed by atoms with Crippen molar-refractivity contribution in [3.05, 3.63) is 53.6 Å². The SMILES string of the molecule is CCOC(=O)C1CCN(C(=O)c2cc(-c3cccc(F)c3)n3nc(C(C)(C)C)cc3n2)CC1. The number of amides is 1. The first-order valence-corrected chi connectivity index (χ1v) is 11.3. The number of piperidine rings is 1. The van der Waals surface area contributed by atoms with Gasteiger partial charge in [0.1, 0.15) is 11.5 Å². The largest absolute Gasteiger partial charge is 0.466 e. The number of ether oxygens (including phenoxy) is 1. The van der Waals surface area contributed by atoms with Crippen molar-refractivity contribution in [1.82, 2.24) is 19.5 Å². The molecule has 33 heavy (non-hydrogen) atoms. The summed E-state index contributed by atoms with van der Waals surface area (Å²) < 4.78 is 20.8. The lowest BCUT2D eigenvalue weighted by Gasteiger charge is -2.30. The van der Waals surface area contributed by atoms with Gasteiger partial charge in [-0.2, -0.15) is 5.10 Å². The summed E-state index contributed by atoms with van der Waals surface area (Å²) in [6.07, 6.45) is 1.12. The summed E-state index contributed by atoms with van der Waals surface area (Å²) in [5, 5.41) is 4.71. The first kappa shape index (κ1) is 22.9. The number of aromatic nitrogens is 3. The number of nitrogens with zero attached hydrogens (tertiary/aromatic N) is 4. The second-order valence-electron chi connectivity index (χ2n) is 9.41. The van der Waals surface area contributed by atoms with Crippen molar-refractivity contribution in [3.63, 3.8) is 0 Å². The van der Waals surface area contributed by atoms with Crippen LogP contribution in [0.25, 0.3) is 16.9 Å². The van der Waals surface area contributed by atoms with Crippen LogP contribution in [0.1, 0.15) is 56.7 Å². The number of fused-ring (bicyclic) bond motifs is 1. The molecule has 0 bridgehead atoms. The van der Waals surface area contributed by atoms with Crippen LogP contribution in [0.5, 0.6) is 0 Å². The van der Waals surface area contributed by atoms with E-state index in [0.717, 1.165) is 5.69 Å². The van der Waals surface area contributed by atoms with E-state index in [-0.39, 0.29) is 34.7 Å². The maximum Gasteiger partial charge on any atom is 0.309 e. The minimum Gasteiger partial charge on any atom is -0.466 e. The average Bonchev–Trinajstić information content (AvgIpc) is 3.23. The zero-order valence-electron chi connectivity index (χ0n) is 19.5. The Morgan fingerprint density at radius 2 is 1.88 bits per heavy atom. The van der Waals surface area contributed by atoms with Crippen LogP contribution in [0.2, 0.25) is 0 Å². The Morgan fingerprint density at radius 1 is 1.15 bits per heavy atom. The van der Waals surface area contributed by atoms with Crippen LogP contribution in [0.15, 0.2) is 36.4 Å². The predicted molar refractivity (Wildman–Crippen MR) is 122 cm³/mol. The maximum atomic E-state index is 14.0. The highest BCUT2D eigenvalue weighted by atomic mass is 19.1. The highest BCUT2D eigenvalue weighted by molar-refractivity contribution is 5.94. The Labute approximate surface area is 192 Å². The van der Waals surface area contributed by atoms with E-state index >= 15 is 0 Å². The number of hydrogen-bond donors (Lipinski definition) is 0. The molecule has 1 aliphatic heterocycles. The fraction of sp³-hybridized carbons (Fsp3) is 0.440. The monoisotopic (exact) mass is 452 g/mol. The van der Waals surface area contributed by atoms with E-state index in [9.17, 15) is 14.0 Å². The summed E-state index contributed by atoms with van der Waals surface area (Å²) in [6.45, 7) is 9.21. The first-order chi connectivity index (χ1) is 15.7. The molecule has 8 heteroatoms. The third-order valence-corrected chi connectivity index (χ3v) is 5.94. The van der Waals surface area contributed by atoms with Crippen LogP contribution in [0.4, 0.5) is 4.39 Å². The zero-order chi connectivity index (χ0) is 23.8. The van der Waals surface area contributed by atoms with Crippen LogP contribution >= 0.6 is 0 Å². The third kappa shape index (κ3) is 4.74. The molecule has 7 nitrogen and oxygen atoms in total. The van der Waals surface area contributed by atoms with Gasteiger partial charge in [0.2, 0.25) is 0 Å². The Hall–Kier alpha value is -3.29. The minimum atomic E-state index is -0.366. The van der Waals surface area contributed by atoms with E-state index < -0.39 is 0 Å². The van der Waals surface area contributed by atoms with Crippen molar-refractivity contribution in [2.75, 3.05) is 19.7 Å². The number of carbonyl (C=O) groups excluding carboxylic acids is 2. The van der Waals surface area contributed by atoms with E-state index in [2.05, 4.69) is 25.8 Å². The molecule has 0 aliphatic carbocycles. The van der Waals surface area contributed by atoms with E-state index in [1.54, 1.807) is 34.5 Å². The molecule has 4 rings (SSSR count). The first-order valence-electron chi connectivity index (χ1n) is 11.3. The van der Waals surface area contributed by atoms with Crippen LogP contribution in [0.3, 0.4) is 0 Å². The highest BCUT2D eigenvalue weighted by Gasteiger charge is 2.30. The van der Waals surface area contributed by atoms with Gasteiger partial charge in [0.25, 0.3) is 5.91 Å². The van der Waals surface area contributed by atoms with Gasteiger partial charge in [-0.15, -0.1) is 0 Å². The van der Waals surface area contributed by atoms with Gasteiger partial charge in [-0.05, 0) is 38.0 Å². The molecule has 0 saturated carbocycles. The molecule has 1 saturated heterocycles. The Kier molecular flexibility index (Phi) is 6.19. The van der Waals surface area contributed by atoms with Gasteiger partial charge in [-0.1, -0.05) is 32.9 Å². The van der Waals surface area contributed by atoms with Gasteiger partial charge in [-0.25, -0.2) is 13.9 Å². The second kappa shape index (κ2) is 8.92. The van der Waals surface area contributed by atoms with Crippen LogP contribution in [0, 0.1) is 11.7 Å². The van der Waals surface area contributed by atoms with Gasteiger partial charge < -0.3 is 9.64 Å². The predicted octanol–water partition coefficient (Wildman–Crippen LogP) is 4.25. The van der Waals surface area contributed by atoms with E-state index in [1.165, 1.54) is 12.1 Å². The van der Waals surface area contributed by atoms with E-state index in [1.807, 2.05) is 6.07 Å². The summed E-state index contributed by atoms with van der Waals surface area (Å²) in [5.41, 5.74) is 2.63. The minimum absolute atomic E-state index is 0.184. The van der Waals surface area contributed by atoms with Gasteiger partial charge in [0.05, 0.1) is 23.9 Å². The lowest BCUT2D eigenvalue weighted by atomic mass is 9.93. The van der Waals surface area contributed by atoms with Crippen LogP contribution < -0.4 is 0 Å². The molecule has 3 aromatic rings. The fourth-order valence-electron chi connectivity index (χ4n) is 4.04. The number of carbonyl (C=O) groups is 2. The lowest BCUT2D eigenvalue weighted by molar-refractivity contribution is -0.149. The molecule has 3 heterocycles. The smallest absolute Gasteiger partial charge is 0.309 e. The molecular weight excluding hydrogens is 423 g/mol. The number of halogens is 1. The van der Waals surface area contributed by atoms with Gasteiger partial charge in [0, 0.05) is 30.1 Å². The molecule has 1 fully saturated rings. The highest BCUT2D eigenvalue weighted by Crippen LogP contribution is 2.28. The lowest BCUT2D eigenvalue weighted by Crippen LogP contribution is -2.41. The van der Waals surface area contributed by atoms with Crippen molar-refractivity contribution >= 4 is 17.5 Å². The summed E-state index contributed by atoms with van der Waals surface area (Å²) in [4.78, 5) is 31.7. The van der Waals surface area contributed by atoms with E-state index in [0.29, 0.717) is 49.4 Å². The number of benzene rings is 1. The molecule has 174 valence electrons. The molecule has 0 unspecified atom stereocenters. The van der Waals surface area contributed by atoms with Crippen molar-refractivity contribution in [3.8, 4) is 11.3 Å². The molecule has 0 spiro atoms. The van der Waals surface area contributed by atoms with Crippen LogP contribution in [-0.2, 0) is 14.9 Å². The third-order valence-electron chi connectivity index (χ3n) is 5.94.